The van der Waals surface area contributed by atoms with Gasteiger partial charge in [0.15, 0.2) is 0 Å². The monoisotopic (exact) mass is 484 g/mol. The SMILES string of the molecule is CCc1nc(S/C(=C\c2cc(Br)ccc2OCc2ccccc2C#N)C(=O)O)n[nH]1. The lowest BCUT2D eigenvalue weighted by Gasteiger charge is -2.11. The van der Waals surface area contributed by atoms with E-state index >= 15 is 0 Å². The number of benzene rings is 2. The molecule has 3 rings (SSSR count). The molecule has 2 N–H and O–H groups in total. The van der Waals surface area contributed by atoms with Crippen molar-refractivity contribution < 1.29 is 14.6 Å². The largest absolute Gasteiger partial charge is 0.488 e. The Morgan fingerprint density at radius 1 is 1.37 bits per heavy atom. The van der Waals surface area contributed by atoms with E-state index in [1.807, 2.05) is 19.1 Å². The Morgan fingerprint density at radius 2 is 2.17 bits per heavy atom. The summed E-state index contributed by atoms with van der Waals surface area (Å²) < 4.78 is 6.69. The molecular weight excluding hydrogens is 468 g/mol. The second-order valence-electron chi connectivity index (χ2n) is 6.07. The maximum absolute atomic E-state index is 11.8. The van der Waals surface area contributed by atoms with E-state index in [0.29, 0.717) is 34.3 Å². The summed E-state index contributed by atoms with van der Waals surface area (Å²) in [6, 6.07) is 14.6. The van der Waals surface area contributed by atoms with Gasteiger partial charge in [0.1, 0.15) is 23.1 Å². The number of nitrogens with one attached hydrogen (secondary N) is 1. The molecule has 30 heavy (non-hydrogen) atoms. The molecule has 0 bridgehead atoms. The lowest BCUT2D eigenvalue weighted by molar-refractivity contribution is -0.131. The van der Waals surface area contributed by atoms with Gasteiger partial charge in [-0.1, -0.05) is 41.1 Å². The molecule has 0 aliphatic rings. The van der Waals surface area contributed by atoms with E-state index < -0.39 is 5.97 Å². The van der Waals surface area contributed by atoms with E-state index in [4.69, 9.17) is 4.74 Å². The zero-order chi connectivity index (χ0) is 21.5. The van der Waals surface area contributed by atoms with Gasteiger partial charge in [-0.15, -0.1) is 5.10 Å². The van der Waals surface area contributed by atoms with Crippen molar-refractivity contribution in [1.82, 2.24) is 15.2 Å². The third kappa shape index (κ3) is 5.49. The van der Waals surface area contributed by atoms with Crippen LogP contribution in [0.25, 0.3) is 6.08 Å². The third-order valence-corrected chi connectivity index (χ3v) is 5.41. The average molecular weight is 485 g/mol. The lowest BCUT2D eigenvalue weighted by atomic mass is 10.1. The Labute approximate surface area is 185 Å². The standard InChI is InChI=1S/C21H17BrN4O3S/c1-2-19-24-21(26-25-19)30-18(20(27)28)10-15-9-16(22)7-8-17(15)29-12-14-6-4-3-5-13(14)11-23/h3-10H,2,12H2,1H3,(H,27,28)(H,24,25,26)/b18-10-. The summed E-state index contributed by atoms with van der Waals surface area (Å²) in [5.74, 6) is 0.0861. The highest BCUT2D eigenvalue weighted by Gasteiger charge is 2.15. The lowest BCUT2D eigenvalue weighted by Crippen LogP contribution is -2.01. The van der Waals surface area contributed by atoms with Crippen LogP contribution in [0.1, 0.15) is 29.4 Å². The van der Waals surface area contributed by atoms with Gasteiger partial charge in [-0.3, -0.25) is 5.10 Å². The van der Waals surface area contributed by atoms with Crippen molar-refractivity contribution in [2.75, 3.05) is 0 Å². The van der Waals surface area contributed by atoms with Crippen molar-refractivity contribution in [3.05, 3.63) is 74.4 Å². The molecule has 0 radical (unpaired) electrons. The van der Waals surface area contributed by atoms with Crippen LogP contribution in [0.15, 0.2) is 57.0 Å². The van der Waals surface area contributed by atoms with E-state index in [1.165, 1.54) is 6.08 Å². The first kappa shape index (κ1) is 21.6. The van der Waals surface area contributed by atoms with Crippen LogP contribution in [0, 0.1) is 11.3 Å². The van der Waals surface area contributed by atoms with Crippen molar-refractivity contribution in [2.45, 2.75) is 25.1 Å². The molecule has 0 fully saturated rings. The van der Waals surface area contributed by atoms with Crippen LogP contribution in [0.4, 0.5) is 0 Å². The molecule has 3 aromatic rings. The molecule has 0 amide bonds. The van der Waals surface area contributed by atoms with Crippen LogP contribution in [-0.4, -0.2) is 26.3 Å². The summed E-state index contributed by atoms with van der Waals surface area (Å²) in [5, 5.41) is 26.0. The minimum absolute atomic E-state index is 0.0528. The van der Waals surface area contributed by atoms with Crippen molar-refractivity contribution in [3.8, 4) is 11.8 Å². The first-order valence-corrected chi connectivity index (χ1v) is 10.6. The zero-order valence-electron chi connectivity index (χ0n) is 15.9. The number of rotatable bonds is 8. The van der Waals surface area contributed by atoms with Gasteiger partial charge >= 0.3 is 5.97 Å². The molecule has 7 nitrogen and oxygen atoms in total. The molecule has 1 aromatic heterocycles. The van der Waals surface area contributed by atoms with Crippen LogP contribution in [0.3, 0.4) is 0 Å². The van der Waals surface area contributed by atoms with E-state index in [0.717, 1.165) is 21.8 Å². The molecule has 0 atom stereocenters. The average Bonchev–Trinajstić information content (AvgIpc) is 3.20. The Morgan fingerprint density at radius 3 is 2.87 bits per heavy atom. The summed E-state index contributed by atoms with van der Waals surface area (Å²) in [6.45, 7) is 2.11. The number of aryl methyl sites for hydroxylation is 1. The maximum Gasteiger partial charge on any atom is 0.342 e. The number of carboxylic acids is 1. The Balaban J connectivity index is 1.88. The molecule has 152 valence electrons. The molecular formula is C21H17BrN4O3S. The first-order chi connectivity index (χ1) is 14.5. The smallest absolute Gasteiger partial charge is 0.342 e. The van der Waals surface area contributed by atoms with E-state index in [1.54, 1.807) is 30.3 Å². The number of halogens is 1. The van der Waals surface area contributed by atoms with E-state index in [2.05, 4.69) is 37.2 Å². The van der Waals surface area contributed by atoms with Crippen LogP contribution in [0.2, 0.25) is 0 Å². The van der Waals surface area contributed by atoms with Crippen molar-refractivity contribution >= 4 is 39.7 Å². The Bertz CT molecular complexity index is 1140. The highest BCUT2D eigenvalue weighted by Crippen LogP contribution is 2.31. The Hall–Kier alpha value is -3.09. The van der Waals surface area contributed by atoms with Crippen LogP contribution < -0.4 is 4.74 Å². The van der Waals surface area contributed by atoms with E-state index in [9.17, 15) is 15.2 Å². The molecule has 0 spiro atoms. The van der Waals surface area contributed by atoms with Gasteiger partial charge < -0.3 is 9.84 Å². The van der Waals surface area contributed by atoms with Gasteiger partial charge in [0.2, 0.25) is 5.16 Å². The number of hydrogen-bond donors (Lipinski definition) is 2. The number of ether oxygens (including phenoxy) is 1. The first-order valence-electron chi connectivity index (χ1n) is 8.94. The predicted molar refractivity (Wildman–Crippen MR) is 117 cm³/mol. The second kappa shape index (κ2) is 10.1. The topological polar surface area (TPSA) is 112 Å². The minimum Gasteiger partial charge on any atom is -0.488 e. The summed E-state index contributed by atoms with van der Waals surface area (Å²) in [7, 11) is 0. The number of H-pyrrole nitrogens is 1. The van der Waals surface area contributed by atoms with Gasteiger partial charge in [-0.25, -0.2) is 9.78 Å². The molecule has 9 heteroatoms. The number of carbonyl (C=O) groups is 1. The Kier molecular flexibility index (Phi) is 7.27. The number of hydrogen-bond acceptors (Lipinski definition) is 6. The number of nitriles is 1. The molecule has 2 aromatic carbocycles. The number of aromatic amines is 1. The fourth-order valence-corrected chi connectivity index (χ4v) is 3.63. The summed E-state index contributed by atoms with van der Waals surface area (Å²) in [4.78, 5) is 16.1. The van der Waals surface area contributed by atoms with Crippen molar-refractivity contribution in [1.29, 1.82) is 5.26 Å². The van der Waals surface area contributed by atoms with Crippen molar-refractivity contribution in [3.63, 3.8) is 0 Å². The molecule has 0 aliphatic carbocycles. The van der Waals surface area contributed by atoms with Gasteiger partial charge in [-0.2, -0.15) is 5.26 Å². The number of thioether (sulfide) groups is 1. The molecule has 0 saturated heterocycles. The summed E-state index contributed by atoms with van der Waals surface area (Å²) in [6.07, 6.45) is 2.19. The number of aromatic nitrogens is 3. The fraction of sp³-hybridized carbons (Fsp3) is 0.143. The quantitative estimate of drug-likeness (QED) is 0.348. The number of carboxylic acid groups (broad SMARTS) is 1. The molecule has 0 aliphatic heterocycles. The second-order valence-corrected chi connectivity index (χ2v) is 8.00. The highest BCUT2D eigenvalue weighted by atomic mass is 79.9. The molecule has 1 heterocycles. The molecule has 0 unspecified atom stereocenters. The third-order valence-electron chi connectivity index (χ3n) is 4.04. The van der Waals surface area contributed by atoms with Gasteiger partial charge in [0.25, 0.3) is 0 Å². The zero-order valence-corrected chi connectivity index (χ0v) is 18.3. The van der Waals surface area contributed by atoms with E-state index in [-0.39, 0.29) is 11.5 Å². The maximum atomic E-state index is 11.8. The van der Waals surface area contributed by atoms with Gasteiger partial charge in [0.05, 0.1) is 11.6 Å². The van der Waals surface area contributed by atoms with Gasteiger partial charge in [0, 0.05) is 22.0 Å². The minimum atomic E-state index is -1.09. The van der Waals surface area contributed by atoms with Crippen LogP contribution in [0.5, 0.6) is 5.75 Å². The number of nitrogens with zero attached hydrogens (tertiary/aromatic N) is 3. The summed E-state index contributed by atoms with van der Waals surface area (Å²) >= 11 is 4.37. The normalized spacial score (nSPS) is 11.2. The predicted octanol–water partition coefficient (Wildman–Crippen LogP) is 4.80. The van der Waals surface area contributed by atoms with Crippen molar-refractivity contribution in [2.24, 2.45) is 0 Å². The molecule has 0 saturated carbocycles. The summed E-state index contributed by atoms with van der Waals surface area (Å²) in [5.41, 5.74) is 1.86. The highest BCUT2D eigenvalue weighted by molar-refractivity contribution is 9.10. The fourth-order valence-electron chi connectivity index (χ4n) is 2.53. The van der Waals surface area contributed by atoms with Crippen LogP contribution in [-0.2, 0) is 17.8 Å². The van der Waals surface area contributed by atoms with Crippen LogP contribution >= 0.6 is 27.7 Å². The van der Waals surface area contributed by atoms with Gasteiger partial charge in [-0.05, 0) is 42.1 Å². The number of aliphatic carboxylic acids is 1.